The molecule has 2 nitrogen and oxygen atoms in total. The van der Waals surface area contributed by atoms with E-state index in [2.05, 4.69) is 45.9 Å². The van der Waals surface area contributed by atoms with Crippen LogP contribution in [0, 0.1) is 0 Å². The Morgan fingerprint density at radius 1 is 1.24 bits per heavy atom. The molecule has 1 aromatic carbocycles. The quantitative estimate of drug-likeness (QED) is 0.843. The van der Waals surface area contributed by atoms with Crippen LogP contribution in [0.2, 0.25) is 0 Å². The third-order valence-corrected chi connectivity index (χ3v) is 3.21. The molecule has 0 aliphatic rings. The summed E-state index contributed by atoms with van der Waals surface area (Å²) in [6, 6.07) is 8.44. The minimum Gasteiger partial charge on any atom is -0.459 e. The molecular weight excluding hydrogens is 210 g/mol. The van der Waals surface area contributed by atoms with Gasteiger partial charge in [-0.2, -0.15) is 0 Å². The smallest absolute Gasteiger partial charge is 0.134 e. The number of benzene rings is 1. The van der Waals surface area contributed by atoms with E-state index in [-0.39, 0.29) is 11.5 Å². The molecule has 0 spiro atoms. The summed E-state index contributed by atoms with van der Waals surface area (Å²) in [5.74, 6) is 0.883. The maximum atomic E-state index is 5.99. The lowest BCUT2D eigenvalue weighted by molar-refractivity contribution is 0.488. The predicted octanol–water partition coefficient (Wildman–Crippen LogP) is 4.14. The van der Waals surface area contributed by atoms with Gasteiger partial charge in [0.25, 0.3) is 0 Å². The largest absolute Gasteiger partial charge is 0.459 e. The van der Waals surface area contributed by atoms with Crippen molar-refractivity contribution in [2.24, 2.45) is 5.73 Å². The Kier molecular flexibility index (Phi) is 3.00. The second kappa shape index (κ2) is 4.19. The summed E-state index contributed by atoms with van der Waals surface area (Å²) >= 11 is 0. The van der Waals surface area contributed by atoms with Crippen molar-refractivity contribution in [2.45, 2.75) is 45.6 Å². The first-order chi connectivity index (χ1) is 7.91. The molecule has 2 N–H and O–H groups in total. The molecule has 1 atom stereocenters. The minimum absolute atomic E-state index is 0.000451. The lowest BCUT2D eigenvalue weighted by atomic mass is 9.86. The van der Waals surface area contributed by atoms with E-state index in [0.717, 1.165) is 23.2 Å². The molecule has 0 bridgehead atoms. The molecule has 0 saturated heterocycles. The van der Waals surface area contributed by atoms with E-state index in [1.165, 1.54) is 5.56 Å². The summed E-state index contributed by atoms with van der Waals surface area (Å²) in [6.07, 6.45) is 0.895. The van der Waals surface area contributed by atoms with Gasteiger partial charge in [0.05, 0.1) is 6.04 Å². The van der Waals surface area contributed by atoms with E-state index in [1.807, 2.05) is 6.07 Å². The van der Waals surface area contributed by atoms with Crippen LogP contribution in [0.15, 0.2) is 28.7 Å². The zero-order valence-electron chi connectivity index (χ0n) is 11.1. The highest BCUT2D eigenvalue weighted by atomic mass is 16.3. The van der Waals surface area contributed by atoms with Gasteiger partial charge in [0.15, 0.2) is 0 Å². The van der Waals surface area contributed by atoms with E-state index in [4.69, 9.17) is 10.2 Å². The fourth-order valence-corrected chi connectivity index (χ4v) is 1.91. The van der Waals surface area contributed by atoms with Gasteiger partial charge in [0.1, 0.15) is 11.3 Å². The first kappa shape index (κ1) is 12.2. The molecule has 1 aromatic heterocycles. The Morgan fingerprint density at radius 3 is 2.53 bits per heavy atom. The highest BCUT2D eigenvalue weighted by Crippen LogP contribution is 2.29. The van der Waals surface area contributed by atoms with Gasteiger partial charge in [-0.3, -0.25) is 0 Å². The van der Waals surface area contributed by atoms with E-state index < -0.39 is 0 Å². The number of hydrogen-bond acceptors (Lipinski definition) is 2. The van der Waals surface area contributed by atoms with Crippen molar-refractivity contribution in [2.75, 3.05) is 0 Å². The monoisotopic (exact) mass is 231 g/mol. The molecule has 0 radical (unpaired) electrons. The van der Waals surface area contributed by atoms with Crippen LogP contribution in [-0.4, -0.2) is 0 Å². The van der Waals surface area contributed by atoms with Gasteiger partial charge in [-0.1, -0.05) is 33.8 Å². The maximum Gasteiger partial charge on any atom is 0.134 e. The average Bonchev–Trinajstić information content (AvgIpc) is 2.69. The molecule has 0 aliphatic carbocycles. The molecule has 0 saturated carbocycles. The SMILES string of the molecule is CCC(N)c1cc2cc(C(C)(C)C)ccc2o1. The molecule has 0 amide bonds. The molecule has 2 heteroatoms. The van der Waals surface area contributed by atoms with Gasteiger partial charge in [0.2, 0.25) is 0 Å². The highest BCUT2D eigenvalue weighted by molar-refractivity contribution is 5.79. The molecular formula is C15H21NO. The van der Waals surface area contributed by atoms with Crippen molar-refractivity contribution in [3.8, 4) is 0 Å². The number of furan rings is 1. The van der Waals surface area contributed by atoms with Crippen LogP contribution in [0.5, 0.6) is 0 Å². The van der Waals surface area contributed by atoms with Crippen LogP contribution >= 0.6 is 0 Å². The van der Waals surface area contributed by atoms with Gasteiger partial charge in [0, 0.05) is 5.39 Å². The number of hydrogen-bond donors (Lipinski definition) is 1. The zero-order valence-corrected chi connectivity index (χ0v) is 11.1. The summed E-state index contributed by atoms with van der Waals surface area (Å²) in [7, 11) is 0. The fraction of sp³-hybridized carbons (Fsp3) is 0.467. The number of fused-ring (bicyclic) bond motifs is 1. The summed E-state index contributed by atoms with van der Waals surface area (Å²) in [4.78, 5) is 0. The lowest BCUT2D eigenvalue weighted by Crippen LogP contribution is -2.10. The van der Waals surface area contributed by atoms with Gasteiger partial charge in [-0.05, 0) is 35.6 Å². The van der Waals surface area contributed by atoms with Crippen LogP contribution in [-0.2, 0) is 5.41 Å². The first-order valence-corrected chi connectivity index (χ1v) is 6.21. The third kappa shape index (κ3) is 2.37. The molecule has 2 rings (SSSR count). The maximum absolute atomic E-state index is 5.99. The normalized spacial score (nSPS) is 14.2. The molecule has 0 aliphatic heterocycles. The number of nitrogens with two attached hydrogens (primary N) is 1. The summed E-state index contributed by atoms with van der Waals surface area (Å²) in [5, 5.41) is 1.15. The van der Waals surface area contributed by atoms with Gasteiger partial charge in [-0.15, -0.1) is 0 Å². The van der Waals surface area contributed by atoms with Crippen molar-refractivity contribution in [1.29, 1.82) is 0 Å². The summed E-state index contributed by atoms with van der Waals surface area (Å²) in [6.45, 7) is 8.71. The van der Waals surface area contributed by atoms with Crippen molar-refractivity contribution < 1.29 is 4.42 Å². The summed E-state index contributed by atoms with van der Waals surface area (Å²) < 4.78 is 5.76. The Hall–Kier alpha value is -1.28. The van der Waals surface area contributed by atoms with Gasteiger partial charge >= 0.3 is 0 Å². The van der Waals surface area contributed by atoms with Crippen molar-refractivity contribution in [3.63, 3.8) is 0 Å². The van der Waals surface area contributed by atoms with E-state index in [0.29, 0.717) is 0 Å². The van der Waals surface area contributed by atoms with Crippen LogP contribution in [0.25, 0.3) is 11.0 Å². The number of rotatable bonds is 2. The second-order valence-electron chi connectivity index (χ2n) is 5.67. The topological polar surface area (TPSA) is 39.2 Å². The molecule has 2 aromatic rings. The standard InChI is InChI=1S/C15H21NO/c1-5-12(16)14-9-10-8-11(15(2,3)4)6-7-13(10)17-14/h6-9,12H,5,16H2,1-4H3. The van der Waals surface area contributed by atoms with Gasteiger partial charge in [-0.25, -0.2) is 0 Å². The molecule has 0 fully saturated rings. The Balaban J connectivity index is 2.48. The fourth-order valence-electron chi connectivity index (χ4n) is 1.91. The summed E-state index contributed by atoms with van der Waals surface area (Å²) in [5.41, 5.74) is 8.40. The minimum atomic E-state index is 0.000451. The highest BCUT2D eigenvalue weighted by Gasteiger charge is 2.16. The molecule has 17 heavy (non-hydrogen) atoms. The van der Waals surface area contributed by atoms with Crippen LogP contribution in [0.4, 0.5) is 0 Å². The molecule has 1 heterocycles. The lowest BCUT2D eigenvalue weighted by Gasteiger charge is -2.18. The molecule has 1 unspecified atom stereocenters. The van der Waals surface area contributed by atoms with E-state index in [9.17, 15) is 0 Å². The Bertz CT molecular complexity index is 519. The molecule has 92 valence electrons. The van der Waals surface area contributed by atoms with Crippen LogP contribution in [0.3, 0.4) is 0 Å². The zero-order chi connectivity index (χ0) is 12.6. The van der Waals surface area contributed by atoms with Crippen molar-refractivity contribution >= 4 is 11.0 Å². The van der Waals surface area contributed by atoms with Crippen LogP contribution in [0.1, 0.15) is 51.5 Å². The van der Waals surface area contributed by atoms with Crippen molar-refractivity contribution in [3.05, 3.63) is 35.6 Å². The van der Waals surface area contributed by atoms with Crippen molar-refractivity contribution in [1.82, 2.24) is 0 Å². The Labute approximate surface area is 103 Å². The predicted molar refractivity (Wildman–Crippen MR) is 72.1 cm³/mol. The van der Waals surface area contributed by atoms with Gasteiger partial charge < -0.3 is 10.2 Å². The van der Waals surface area contributed by atoms with E-state index >= 15 is 0 Å². The first-order valence-electron chi connectivity index (χ1n) is 6.21. The van der Waals surface area contributed by atoms with Crippen LogP contribution < -0.4 is 5.73 Å². The van der Waals surface area contributed by atoms with E-state index in [1.54, 1.807) is 0 Å². The third-order valence-electron chi connectivity index (χ3n) is 3.21. The Morgan fingerprint density at radius 2 is 1.94 bits per heavy atom. The average molecular weight is 231 g/mol. The second-order valence-corrected chi connectivity index (χ2v) is 5.67.